The van der Waals surface area contributed by atoms with Crippen molar-refractivity contribution in [3.63, 3.8) is 0 Å². The van der Waals surface area contributed by atoms with Crippen LogP contribution in [0.4, 0.5) is 10.1 Å². The lowest BCUT2D eigenvalue weighted by Gasteiger charge is -2.20. The zero-order valence-corrected chi connectivity index (χ0v) is 11.2. The lowest BCUT2D eigenvalue weighted by Crippen LogP contribution is -2.19. The molecule has 1 saturated carbocycles. The average molecular weight is 276 g/mol. The molecule has 1 aliphatic rings. The Hall–Kier alpha value is -1.98. The van der Waals surface area contributed by atoms with E-state index in [4.69, 9.17) is 0 Å². The predicted molar refractivity (Wildman–Crippen MR) is 73.7 cm³/mol. The smallest absolute Gasteiger partial charge is 0.237 e. The summed E-state index contributed by atoms with van der Waals surface area (Å²) in [6.07, 6.45) is 9.12. The van der Waals surface area contributed by atoms with Crippen LogP contribution in [0.15, 0.2) is 12.4 Å². The number of hydrogen-bond acceptors (Lipinski definition) is 3. The number of nitrogens with zero attached hydrogens (tertiary/aromatic N) is 2. The van der Waals surface area contributed by atoms with Gasteiger partial charge in [-0.2, -0.15) is 9.49 Å². The Morgan fingerprint density at radius 2 is 2.15 bits per heavy atom. The van der Waals surface area contributed by atoms with E-state index < -0.39 is 5.95 Å². The van der Waals surface area contributed by atoms with E-state index in [0.29, 0.717) is 23.2 Å². The minimum Gasteiger partial charge on any atom is -0.322 e. The summed E-state index contributed by atoms with van der Waals surface area (Å²) in [5.74, 6) is -0.398. The van der Waals surface area contributed by atoms with Gasteiger partial charge in [0.05, 0.1) is 17.9 Å². The average Bonchev–Trinajstić information content (AvgIpc) is 2.92. The highest BCUT2D eigenvalue weighted by Crippen LogP contribution is 2.28. The maximum Gasteiger partial charge on any atom is 0.237 e. The molecular weight excluding hydrogens is 259 g/mol. The minimum absolute atomic E-state index is 0.122. The van der Waals surface area contributed by atoms with Gasteiger partial charge in [0.15, 0.2) is 0 Å². The molecule has 2 aromatic rings. The highest BCUT2D eigenvalue weighted by atomic mass is 19.1. The summed E-state index contributed by atoms with van der Waals surface area (Å²) in [5, 5.41) is 9.76. The molecule has 5 nitrogen and oxygen atoms in total. The molecule has 0 atom stereocenters. The number of pyridine rings is 1. The van der Waals surface area contributed by atoms with Gasteiger partial charge in [-0.3, -0.25) is 9.89 Å². The van der Waals surface area contributed by atoms with Crippen molar-refractivity contribution < 1.29 is 9.18 Å². The molecule has 1 fully saturated rings. The Kier molecular flexibility index (Phi) is 3.62. The van der Waals surface area contributed by atoms with Gasteiger partial charge in [-0.1, -0.05) is 19.3 Å². The Labute approximate surface area is 116 Å². The fourth-order valence-electron chi connectivity index (χ4n) is 2.85. The summed E-state index contributed by atoms with van der Waals surface area (Å²) in [6, 6.07) is 0. The second kappa shape index (κ2) is 5.56. The van der Waals surface area contributed by atoms with E-state index in [2.05, 4.69) is 20.5 Å². The summed E-state index contributed by atoms with van der Waals surface area (Å²) in [6.45, 7) is 0. The number of hydrogen-bond donors (Lipinski definition) is 2. The molecule has 0 aliphatic heterocycles. The number of carbonyl (C=O) groups is 1. The molecule has 1 amide bonds. The standard InChI is InChI=1S/C14H17FN4O/c15-14-13(10-7-17-19-11(10)8-16-14)18-12(20)6-9-4-2-1-3-5-9/h7-9H,1-6H2,(H,17,19)(H,18,20). The van der Waals surface area contributed by atoms with Crippen LogP contribution in [0.2, 0.25) is 0 Å². The van der Waals surface area contributed by atoms with Crippen LogP contribution in [0.1, 0.15) is 38.5 Å². The van der Waals surface area contributed by atoms with Gasteiger partial charge in [-0.15, -0.1) is 0 Å². The third-order valence-electron chi connectivity index (χ3n) is 3.91. The van der Waals surface area contributed by atoms with Crippen molar-refractivity contribution in [1.82, 2.24) is 15.2 Å². The number of anilines is 1. The zero-order valence-electron chi connectivity index (χ0n) is 11.2. The van der Waals surface area contributed by atoms with Crippen LogP contribution in [-0.2, 0) is 4.79 Å². The van der Waals surface area contributed by atoms with Gasteiger partial charge in [-0.25, -0.2) is 4.98 Å². The molecule has 0 saturated heterocycles. The van der Waals surface area contributed by atoms with Crippen molar-refractivity contribution in [3.05, 3.63) is 18.3 Å². The molecule has 0 unspecified atom stereocenters. The van der Waals surface area contributed by atoms with Crippen LogP contribution in [0.25, 0.3) is 10.9 Å². The summed E-state index contributed by atoms with van der Waals surface area (Å²) < 4.78 is 13.8. The molecule has 1 aliphatic carbocycles. The topological polar surface area (TPSA) is 70.7 Å². The highest BCUT2D eigenvalue weighted by Gasteiger charge is 2.19. The monoisotopic (exact) mass is 276 g/mol. The third kappa shape index (κ3) is 2.64. The summed E-state index contributed by atoms with van der Waals surface area (Å²) >= 11 is 0. The number of halogens is 1. The third-order valence-corrected chi connectivity index (χ3v) is 3.91. The van der Waals surface area contributed by atoms with Gasteiger partial charge in [0.25, 0.3) is 0 Å². The molecule has 3 rings (SSSR count). The van der Waals surface area contributed by atoms with Gasteiger partial charge in [-0.05, 0) is 18.8 Å². The maximum absolute atomic E-state index is 13.8. The van der Waals surface area contributed by atoms with Crippen molar-refractivity contribution in [3.8, 4) is 0 Å². The van der Waals surface area contributed by atoms with E-state index in [1.54, 1.807) is 0 Å². The summed E-state index contributed by atoms with van der Waals surface area (Å²) in [7, 11) is 0. The van der Waals surface area contributed by atoms with Crippen molar-refractivity contribution in [2.45, 2.75) is 38.5 Å². The van der Waals surface area contributed by atoms with E-state index in [-0.39, 0.29) is 11.6 Å². The lowest BCUT2D eigenvalue weighted by atomic mass is 9.87. The molecule has 2 N–H and O–H groups in total. The van der Waals surface area contributed by atoms with Crippen molar-refractivity contribution >= 4 is 22.5 Å². The minimum atomic E-state index is -0.670. The largest absolute Gasteiger partial charge is 0.322 e. The fraction of sp³-hybridized carbons (Fsp3) is 0.500. The Morgan fingerprint density at radius 3 is 2.95 bits per heavy atom. The van der Waals surface area contributed by atoms with E-state index in [1.807, 2.05) is 0 Å². The first-order chi connectivity index (χ1) is 9.74. The first kappa shape index (κ1) is 13.0. The van der Waals surface area contributed by atoms with Gasteiger partial charge in [0.2, 0.25) is 11.9 Å². The normalized spacial score (nSPS) is 16.4. The second-order valence-corrected chi connectivity index (χ2v) is 5.38. The first-order valence-corrected chi connectivity index (χ1v) is 7.01. The number of carbonyl (C=O) groups excluding carboxylic acids is 1. The molecule has 2 heterocycles. The Morgan fingerprint density at radius 1 is 1.35 bits per heavy atom. The van der Waals surface area contributed by atoms with Crippen LogP contribution < -0.4 is 5.32 Å². The number of aromatic amines is 1. The molecule has 6 heteroatoms. The summed E-state index contributed by atoms with van der Waals surface area (Å²) in [4.78, 5) is 15.7. The van der Waals surface area contributed by atoms with E-state index in [0.717, 1.165) is 12.8 Å². The van der Waals surface area contributed by atoms with Gasteiger partial charge in [0, 0.05) is 11.8 Å². The Balaban J connectivity index is 1.73. The van der Waals surface area contributed by atoms with Crippen LogP contribution >= 0.6 is 0 Å². The van der Waals surface area contributed by atoms with Gasteiger partial charge in [0.1, 0.15) is 5.69 Å². The molecule has 0 bridgehead atoms. The first-order valence-electron chi connectivity index (χ1n) is 7.01. The second-order valence-electron chi connectivity index (χ2n) is 5.38. The number of fused-ring (bicyclic) bond motifs is 1. The van der Waals surface area contributed by atoms with Crippen molar-refractivity contribution in [1.29, 1.82) is 0 Å². The van der Waals surface area contributed by atoms with E-state index >= 15 is 0 Å². The number of H-pyrrole nitrogens is 1. The quantitative estimate of drug-likeness (QED) is 0.846. The van der Waals surface area contributed by atoms with Crippen molar-refractivity contribution in [2.75, 3.05) is 5.32 Å². The lowest BCUT2D eigenvalue weighted by molar-refractivity contribution is -0.117. The van der Waals surface area contributed by atoms with Crippen LogP contribution in [0.3, 0.4) is 0 Å². The highest BCUT2D eigenvalue weighted by molar-refractivity contribution is 6.00. The predicted octanol–water partition coefficient (Wildman–Crippen LogP) is 3.01. The fourth-order valence-corrected chi connectivity index (χ4v) is 2.85. The maximum atomic E-state index is 13.8. The van der Waals surface area contributed by atoms with Crippen LogP contribution in [-0.4, -0.2) is 21.1 Å². The number of aromatic nitrogens is 3. The molecular formula is C14H17FN4O. The van der Waals surface area contributed by atoms with E-state index in [9.17, 15) is 9.18 Å². The number of amides is 1. The molecule has 20 heavy (non-hydrogen) atoms. The number of nitrogens with one attached hydrogen (secondary N) is 2. The summed E-state index contributed by atoms with van der Waals surface area (Å²) in [5.41, 5.74) is 0.733. The molecule has 0 spiro atoms. The molecule has 0 aromatic carbocycles. The van der Waals surface area contributed by atoms with Crippen molar-refractivity contribution in [2.24, 2.45) is 5.92 Å². The molecule has 0 radical (unpaired) electrons. The zero-order chi connectivity index (χ0) is 13.9. The van der Waals surface area contributed by atoms with E-state index in [1.165, 1.54) is 31.7 Å². The SMILES string of the molecule is O=C(CC1CCCCC1)Nc1c(F)ncc2[nH]ncc12. The number of rotatable bonds is 3. The van der Waals surface area contributed by atoms with Crippen LogP contribution in [0.5, 0.6) is 0 Å². The van der Waals surface area contributed by atoms with Gasteiger partial charge >= 0.3 is 0 Å². The Bertz CT molecular complexity index is 619. The molecule has 106 valence electrons. The molecule has 2 aromatic heterocycles. The van der Waals surface area contributed by atoms with Crippen LogP contribution in [0, 0.1) is 11.9 Å². The van der Waals surface area contributed by atoms with Gasteiger partial charge < -0.3 is 5.32 Å².